The molecule has 1 aliphatic heterocycles. The summed E-state index contributed by atoms with van der Waals surface area (Å²) < 4.78 is 10.6. The molecule has 4 aromatic rings. The van der Waals surface area contributed by atoms with Crippen molar-refractivity contribution in [1.29, 1.82) is 0 Å². The third-order valence-electron chi connectivity index (χ3n) is 6.17. The number of nitrogens with one attached hydrogen (secondary N) is 2. The molecule has 1 aromatic carbocycles. The number of ether oxygens (including phenoxy) is 1. The molecule has 0 unspecified atom stereocenters. The molecule has 10 nitrogen and oxygen atoms in total. The van der Waals surface area contributed by atoms with Crippen LogP contribution in [0, 0.1) is 0 Å². The third-order valence-corrected chi connectivity index (χ3v) is 6.17. The number of H-pyrrole nitrogens is 1. The predicted octanol–water partition coefficient (Wildman–Crippen LogP) is 3.17. The summed E-state index contributed by atoms with van der Waals surface area (Å²) in [6, 6.07) is 11.2. The monoisotopic (exact) mass is 476 g/mol. The molecule has 1 fully saturated rings. The number of anilines is 1. The Labute approximate surface area is 202 Å². The largest absolute Gasteiger partial charge is 0.382 e. The molecule has 0 bridgehead atoms. The highest BCUT2D eigenvalue weighted by Gasteiger charge is 2.25. The molecule has 1 saturated heterocycles. The molecule has 10 heteroatoms. The number of rotatable bonds is 6. The van der Waals surface area contributed by atoms with E-state index < -0.39 is 5.60 Å². The highest BCUT2D eigenvalue weighted by Crippen LogP contribution is 2.34. The summed E-state index contributed by atoms with van der Waals surface area (Å²) >= 11 is 0. The minimum absolute atomic E-state index is 0.125. The fourth-order valence-corrected chi connectivity index (χ4v) is 4.16. The van der Waals surface area contributed by atoms with E-state index in [1.807, 2.05) is 37.3 Å². The van der Waals surface area contributed by atoms with E-state index in [0.717, 1.165) is 46.6 Å². The van der Waals surface area contributed by atoms with E-state index in [0.29, 0.717) is 13.2 Å². The zero-order valence-electron chi connectivity index (χ0n) is 19.9. The van der Waals surface area contributed by atoms with E-state index in [1.54, 1.807) is 20.0 Å². The van der Waals surface area contributed by atoms with Crippen molar-refractivity contribution in [2.45, 2.75) is 32.4 Å². The fraction of sp³-hybridized carbons (Fsp3) is 0.360. The number of morpholine rings is 1. The van der Waals surface area contributed by atoms with Gasteiger partial charge in [-0.05, 0) is 43.5 Å². The van der Waals surface area contributed by atoms with Gasteiger partial charge in [0.15, 0.2) is 22.9 Å². The third kappa shape index (κ3) is 4.62. The summed E-state index contributed by atoms with van der Waals surface area (Å²) in [5.41, 5.74) is 2.67. The van der Waals surface area contributed by atoms with Crippen LogP contribution in [-0.4, -0.2) is 57.7 Å². The number of pyridine rings is 1. The molecule has 4 heterocycles. The Hall–Kier alpha value is -3.76. The maximum absolute atomic E-state index is 12.6. The number of fused-ring (bicyclic) bond motifs is 1. The highest BCUT2D eigenvalue weighted by molar-refractivity contribution is 6.00. The predicted molar refractivity (Wildman–Crippen MR) is 130 cm³/mol. The molecule has 1 amide bonds. The van der Waals surface area contributed by atoms with Crippen LogP contribution in [0.25, 0.3) is 22.2 Å². The molecule has 3 aromatic heterocycles. The van der Waals surface area contributed by atoms with Crippen LogP contribution in [-0.2, 0) is 10.3 Å². The number of aromatic amines is 1. The molecule has 3 N–H and O–H groups in total. The normalized spacial score (nSPS) is 15.4. The lowest BCUT2D eigenvalue weighted by molar-refractivity contribution is 0.0474. The van der Waals surface area contributed by atoms with E-state index in [9.17, 15) is 9.90 Å². The zero-order valence-corrected chi connectivity index (χ0v) is 19.9. The van der Waals surface area contributed by atoms with Crippen LogP contribution in [0.4, 0.5) is 5.82 Å². The van der Waals surface area contributed by atoms with Gasteiger partial charge in [-0.15, -0.1) is 0 Å². The zero-order chi connectivity index (χ0) is 24.6. The Balaban J connectivity index is 1.36. The van der Waals surface area contributed by atoms with Crippen molar-refractivity contribution in [3.8, 4) is 11.1 Å². The first kappa shape index (κ1) is 23.0. The van der Waals surface area contributed by atoms with Gasteiger partial charge in [-0.2, -0.15) is 5.10 Å². The van der Waals surface area contributed by atoms with E-state index in [2.05, 4.69) is 30.6 Å². The van der Waals surface area contributed by atoms with Gasteiger partial charge in [-0.1, -0.05) is 29.4 Å². The molecular weight excluding hydrogens is 448 g/mol. The van der Waals surface area contributed by atoms with Crippen molar-refractivity contribution in [2.24, 2.45) is 0 Å². The number of aliphatic hydroxyl groups is 1. The minimum atomic E-state index is -1.21. The van der Waals surface area contributed by atoms with Gasteiger partial charge in [-0.3, -0.25) is 9.89 Å². The van der Waals surface area contributed by atoms with Gasteiger partial charge in [0.05, 0.1) is 24.6 Å². The van der Waals surface area contributed by atoms with Gasteiger partial charge in [0, 0.05) is 25.4 Å². The van der Waals surface area contributed by atoms with Gasteiger partial charge < -0.3 is 24.6 Å². The number of hydrogen-bond donors (Lipinski definition) is 3. The molecule has 1 aliphatic rings. The number of amides is 1. The highest BCUT2D eigenvalue weighted by atomic mass is 16.5. The number of aromatic nitrogens is 4. The summed E-state index contributed by atoms with van der Waals surface area (Å²) in [5, 5.41) is 25.3. The SMILES string of the molecule is C[C@@H](NC(=O)c1cc(C(C)(C)O)on1)c1ccc(-c2ccnc3[nH]nc(N4CCOCC4)c23)cc1. The lowest BCUT2D eigenvalue weighted by Gasteiger charge is -2.27. The topological polar surface area (TPSA) is 129 Å². The quantitative estimate of drug-likeness (QED) is 0.387. The number of carbonyl (C=O) groups excluding carboxylic acids is 1. The number of hydrogen-bond acceptors (Lipinski definition) is 8. The molecule has 182 valence electrons. The summed E-state index contributed by atoms with van der Waals surface area (Å²) in [6.45, 7) is 7.97. The standard InChI is InChI=1S/C25H28N6O4/c1-15(27-24(32)19-14-20(35-30-19)25(2,3)33)16-4-6-17(7-5-16)18-8-9-26-22-21(18)23(29-28-22)31-10-12-34-13-11-31/h4-9,14-15,33H,10-13H2,1-3H3,(H,27,32)(H,26,28,29)/t15-/m1/s1. The summed E-state index contributed by atoms with van der Waals surface area (Å²) in [4.78, 5) is 19.3. The Morgan fingerprint density at radius 3 is 2.63 bits per heavy atom. The van der Waals surface area contributed by atoms with Crippen molar-refractivity contribution in [2.75, 3.05) is 31.2 Å². The van der Waals surface area contributed by atoms with Crippen LogP contribution in [0.2, 0.25) is 0 Å². The van der Waals surface area contributed by atoms with Crippen LogP contribution in [0.3, 0.4) is 0 Å². The summed E-state index contributed by atoms with van der Waals surface area (Å²) in [6.07, 6.45) is 1.77. The van der Waals surface area contributed by atoms with Crippen molar-refractivity contribution >= 4 is 22.8 Å². The number of carbonyl (C=O) groups is 1. The van der Waals surface area contributed by atoms with Crippen LogP contribution >= 0.6 is 0 Å². The van der Waals surface area contributed by atoms with Crippen LogP contribution in [0.1, 0.15) is 48.6 Å². The van der Waals surface area contributed by atoms with E-state index in [-0.39, 0.29) is 23.4 Å². The van der Waals surface area contributed by atoms with Crippen molar-refractivity contribution < 1.29 is 19.2 Å². The van der Waals surface area contributed by atoms with Crippen molar-refractivity contribution in [3.05, 3.63) is 59.6 Å². The van der Waals surface area contributed by atoms with Gasteiger partial charge in [0.2, 0.25) is 0 Å². The van der Waals surface area contributed by atoms with Crippen LogP contribution in [0.15, 0.2) is 47.1 Å². The second-order valence-electron chi connectivity index (χ2n) is 9.18. The maximum atomic E-state index is 12.6. The molecule has 0 radical (unpaired) electrons. The smallest absolute Gasteiger partial charge is 0.273 e. The second kappa shape index (κ2) is 9.12. The van der Waals surface area contributed by atoms with Crippen LogP contribution < -0.4 is 10.2 Å². The lowest BCUT2D eigenvalue weighted by Crippen LogP contribution is -2.36. The van der Waals surface area contributed by atoms with Gasteiger partial charge in [0.1, 0.15) is 5.60 Å². The first-order valence-electron chi connectivity index (χ1n) is 11.6. The van der Waals surface area contributed by atoms with Gasteiger partial charge in [0.25, 0.3) is 5.91 Å². The average Bonchev–Trinajstić information content (AvgIpc) is 3.52. The Morgan fingerprint density at radius 1 is 1.20 bits per heavy atom. The van der Waals surface area contributed by atoms with Crippen molar-refractivity contribution in [1.82, 2.24) is 25.7 Å². The summed E-state index contributed by atoms with van der Waals surface area (Å²) in [7, 11) is 0. The maximum Gasteiger partial charge on any atom is 0.273 e. The van der Waals surface area contributed by atoms with Crippen LogP contribution in [0.5, 0.6) is 0 Å². The van der Waals surface area contributed by atoms with Gasteiger partial charge >= 0.3 is 0 Å². The van der Waals surface area contributed by atoms with Crippen molar-refractivity contribution in [3.63, 3.8) is 0 Å². The van der Waals surface area contributed by atoms with E-state index in [4.69, 9.17) is 9.26 Å². The second-order valence-corrected chi connectivity index (χ2v) is 9.18. The molecule has 0 spiro atoms. The number of nitrogens with zero attached hydrogens (tertiary/aromatic N) is 4. The minimum Gasteiger partial charge on any atom is -0.382 e. The fourth-order valence-electron chi connectivity index (χ4n) is 4.16. The first-order chi connectivity index (χ1) is 16.8. The molecule has 35 heavy (non-hydrogen) atoms. The molecule has 0 aliphatic carbocycles. The lowest BCUT2D eigenvalue weighted by atomic mass is 9.99. The average molecular weight is 477 g/mol. The Kier molecular flexibility index (Phi) is 6.00. The van der Waals surface area contributed by atoms with E-state index in [1.165, 1.54) is 6.07 Å². The molecule has 5 rings (SSSR count). The molecule has 0 saturated carbocycles. The van der Waals surface area contributed by atoms with Gasteiger partial charge in [-0.25, -0.2) is 4.98 Å². The number of benzene rings is 1. The molecule has 1 atom stereocenters. The Bertz CT molecular complexity index is 1330. The Morgan fingerprint density at radius 2 is 1.94 bits per heavy atom. The summed E-state index contributed by atoms with van der Waals surface area (Å²) in [5.74, 6) is 0.749. The van der Waals surface area contributed by atoms with E-state index >= 15 is 0 Å². The first-order valence-corrected chi connectivity index (χ1v) is 11.6. The molecular formula is C25H28N6O4.